The second-order valence-corrected chi connectivity index (χ2v) is 5.13. The van der Waals surface area contributed by atoms with Gasteiger partial charge in [0.15, 0.2) is 0 Å². The summed E-state index contributed by atoms with van der Waals surface area (Å²) in [5.74, 6) is 1.08. The van der Waals surface area contributed by atoms with Crippen LogP contribution in [-0.2, 0) is 0 Å². The summed E-state index contributed by atoms with van der Waals surface area (Å²) in [6.45, 7) is 20.1. The highest BCUT2D eigenvalue weighted by Gasteiger charge is 2.16. The summed E-state index contributed by atoms with van der Waals surface area (Å²) in [6, 6.07) is 0. The molecule has 2 aliphatic rings. The maximum Gasteiger partial charge on any atom is 0.0607 e. The highest BCUT2D eigenvalue weighted by atomic mass is 15.2. The van der Waals surface area contributed by atoms with Crippen molar-refractivity contribution in [2.24, 2.45) is 10.9 Å². The molecule has 0 unspecified atom stereocenters. The molecule has 22 heavy (non-hydrogen) atoms. The first-order valence-corrected chi connectivity index (χ1v) is 8.20. The highest BCUT2D eigenvalue weighted by Crippen LogP contribution is 2.26. The van der Waals surface area contributed by atoms with Crippen LogP contribution >= 0.6 is 0 Å². The average molecular weight is 300 g/mol. The lowest BCUT2D eigenvalue weighted by Crippen LogP contribution is -2.22. The zero-order chi connectivity index (χ0) is 17.1. The van der Waals surface area contributed by atoms with E-state index in [-0.39, 0.29) is 0 Å². The molecule has 2 rings (SSSR count). The molecule has 0 aromatic carbocycles. The van der Waals surface area contributed by atoms with E-state index in [0.717, 1.165) is 28.6 Å². The van der Waals surface area contributed by atoms with Crippen LogP contribution in [0.4, 0.5) is 0 Å². The summed E-state index contributed by atoms with van der Waals surface area (Å²) in [5, 5.41) is 0. The molecule has 0 bridgehead atoms. The van der Waals surface area contributed by atoms with Crippen molar-refractivity contribution in [1.82, 2.24) is 4.90 Å². The molecule has 0 N–H and O–H groups in total. The van der Waals surface area contributed by atoms with Gasteiger partial charge in [0.2, 0.25) is 0 Å². The Morgan fingerprint density at radius 1 is 1.27 bits per heavy atom. The Morgan fingerprint density at radius 2 is 1.82 bits per heavy atom. The van der Waals surface area contributed by atoms with Gasteiger partial charge in [0.25, 0.3) is 0 Å². The fraction of sp³-hybridized carbons (Fsp3) is 0.450. The number of aliphatic imine (C=N–C) groups is 1. The van der Waals surface area contributed by atoms with E-state index in [4.69, 9.17) is 0 Å². The Bertz CT molecular complexity index is 486. The Labute approximate surface area is 137 Å². The summed E-state index contributed by atoms with van der Waals surface area (Å²) in [6.07, 6.45) is 12.6. The SMILES string of the molecule is C=CC(=C\C)/C(=C/C)N1C=CN=C(C)C1=C.CC.CC1CC1. The van der Waals surface area contributed by atoms with Crippen LogP contribution in [0.2, 0.25) is 0 Å². The summed E-state index contributed by atoms with van der Waals surface area (Å²) in [7, 11) is 0. The molecule has 122 valence electrons. The third-order valence-electron chi connectivity index (χ3n) is 3.42. The van der Waals surface area contributed by atoms with Gasteiger partial charge in [0.05, 0.1) is 11.4 Å². The van der Waals surface area contributed by atoms with Crippen molar-refractivity contribution >= 4 is 5.71 Å². The van der Waals surface area contributed by atoms with E-state index in [1.165, 1.54) is 12.8 Å². The molecule has 2 heteroatoms. The number of nitrogens with zero attached hydrogens (tertiary/aromatic N) is 2. The molecule has 2 nitrogen and oxygen atoms in total. The largest absolute Gasteiger partial charge is 0.314 e. The molecule has 1 fully saturated rings. The van der Waals surface area contributed by atoms with Gasteiger partial charge >= 0.3 is 0 Å². The van der Waals surface area contributed by atoms with E-state index < -0.39 is 0 Å². The van der Waals surface area contributed by atoms with Crippen LogP contribution in [0.3, 0.4) is 0 Å². The molecule has 0 aromatic rings. The normalized spacial score (nSPS) is 17.8. The van der Waals surface area contributed by atoms with Gasteiger partial charge in [-0.3, -0.25) is 4.99 Å². The fourth-order valence-electron chi connectivity index (χ4n) is 1.76. The van der Waals surface area contributed by atoms with Gasteiger partial charge < -0.3 is 4.90 Å². The van der Waals surface area contributed by atoms with E-state index in [0.29, 0.717) is 0 Å². The van der Waals surface area contributed by atoms with Crippen LogP contribution in [0.5, 0.6) is 0 Å². The average Bonchev–Trinajstić information content (AvgIpc) is 3.33. The quantitative estimate of drug-likeness (QED) is 0.564. The predicted octanol–water partition coefficient (Wildman–Crippen LogP) is 6.23. The summed E-state index contributed by atoms with van der Waals surface area (Å²) in [5.41, 5.74) is 3.99. The van der Waals surface area contributed by atoms with Crippen LogP contribution in [0.1, 0.15) is 54.4 Å². The highest BCUT2D eigenvalue weighted by molar-refractivity contribution is 5.98. The van der Waals surface area contributed by atoms with Crippen LogP contribution in [0, 0.1) is 5.92 Å². The molecular weight excluding hydrogens is 268 g/mol. The summed E-state index contributed by atoms with van der Waals surface area (Å²) in [4.78, 5) is 6.24. The Kier molecular flexibility index (Phi) is 9.93. The van der Waals surface area contributed by atoms with Crippen molar-refractivity contribution in [3.63, 3.8) is 0 Å². The van der Waals surface area contributed by atoms with Gasteiger partial charge in [-0.2, -0.15) is 0 Å². The minimum Gasteiger partial charge on any atom is -0.314 e. The van der Waals surface area contributed by atoms with Crippen molar-refractivity contribution in [3.05, 3.63) is 60.8 Å². The zero-order valence-electron chi connectivity index (χ0n) is 15.2. The lowest BCUT2D eigenvalue weighted by molar-refractivity contribution is 0.609. The molecule has 1 saturated carbocycles. The molecule has 0 radical (unpaired) electrons. The van der Waals surface area contributed by atoms with Crippen LogP contribution in [0.25, 0.3) is 0 Å². The van der Waals surface area contributed by atoms with Crippen LogP contribution < -0.4 is 0 Å². The maximum absolute atomic E-state index is 4.21. The number of hydrogen-bond acceptors (Lipinski definition) is 2. The molecule has 0 atom stereocenters. The molecule has 0 amide bonds. The van der Waals surface area contributed by atoms with Crippen LogP contribution in [0.15, 0.2) is 65.7 Å². The second-order valence-electron chi connectivity index (χ2n) is 5.13. The monoisotopic (exact) mass is 300 g/mol. The van der Waals surface area contributed by atoms with Crippen molar-refractivity contribution in [2.45, 2.75) is 54.4 Å². The summed E-state index contributed by atoms with van der Waals surface area (Å²) >= 11 is 0. The molecule has 0 aromatic heterocycles. The van der Waals surface area contributed by atoms with E-state index >= 15 is 0 Å². The van der Waals surface area contributed by atoms with Gasteiger partial charge in [-0.15, -0.1) is 0 Å². The van der Waals surface area contributed by atoms with Gasteiger partial charge in [-0.25, -0.2) is 0 Å². The van der Waals surface area contributed by atoms with Gasteiger partial charge in [0.1, 0.15) is 0 Å². The van der Waals surface area contributed by atoms with Gasteiger partial charge in [0, 0.05) is 18.1 Å². The van der Waals surface area contributed by atoms with Gasteiger partial charge in [-0.05, 0) is 32.3 Å². The maximum atomic E-state index is 4.21. The predicted molar refractivity (Wildman–Crippen MR) is 101 cm³/mol. The Hall–Kier alpha value is -1.83. The number of rotatable bonds is 3. The lowest BCUT2D eigenvalue weighted by Gasteiger charge is -2.28. The Balaban J connectivity index is 0.000000617. The first-order valence-electron chi connectivity index (χ1n) is 8.20. The van der Waals surface area contributed by atoms with E-state index in [1.807, 2.05) is 63.9 Å². The molecule has 0 saturated heterocycles. The van der Waals surface area contributed by atoms with Crippen molar-refractivity contribution in [1.29, 1.82) is 0 Å². The van der Waals surface area contributed by atoms with Crippen molar-refractivity contribution < 1.29 is 0 Å². The van der Waals surface area contributed by atoms with Crippen molar-refractivity contribution in [3.8, 4) is 0 Å². The Morgan fingerprint density at radius 3 is 2.18 bits per heavy atom. The molecule has 1 aliphatic heterocycles. The third-order valence-corrected chi connectivity index (χ3v) is 3.42. The van der Waals surface area contributed by atoms with Crippen LogP contribution in [-0.4, -0.2) is 10.6 Å². The van der Waals surface area contributed by atoms with Gasteiger partial charge in [-0.1, -0.05) is 65.0 Å². The standard InChI is InChI=1S/C14H18N2.C4H8.C2H6/c1-6-13(7-2)14(8-3)16-10-9-15-11(4)12(16)5;1-4-2-3-4;1-2/h6-10H,1,5H2,2-4H3;4H,2-3H2,1H3;1-2H3/b13-7+,14-8-;;. The zero-order valence-corrected chi connectivity index (χ0v) is 15.2. The third kappa shape index (κ3) is 6.30. The second kappa shape index (κ2) is 10.8. The minimum atomic E-state index is 0.900. The van der Waals surface area contributed by atoms with E-state index in [9.17, 15) is 0 Å². The molecule has 1 heterocycles. The number of hydrogen-bond donors (Lipinski definition) is 0. The van der Waals surface area contributed by atoms with Crippen molar-refractivity contribution in [2.75, 3.05) is 0 Å². The summed E-state index contributed by atoms with van der Waals surface area (Å²) < 4.78 is 0. The van der Waals surface area contributed by atoms with E-state index in [1.54, 1.807) is 6.20 Å². The lowest BCUT2D eigenvalue weighted by atomic mass is 10.1. The first kappa shape index (κ1) is 20.2. The molecular formula is C20H32N2. The van der Waals surface area contributed by atoms with E-state index in [2.05, 4.69) is 25.1 Å². The smallest absolute Gasteiger partial charge is 0.0607 e. The first-order chi connectivity index (χ1) is 10.5. The fourth-order valence-corrected chi connectivity index (χ4v) is 1.76. The molecule has 1 aliphatic carbocycles. The molecule has 0 spiro atoms. The topological polar surface area (TPSA) is 15.6 Å². The number of allylic oxidation sites excluding steroid dienone is 4. The minimum absolute atomic E-state index is 0.900.